The molecular formula is C14H29NO. The number of nitrogens with one attached hydrogen (secondary N) is 1. The molecule has 0 aromatic heterocycles. The van der Waals surface area contributed by atoms with Crippen LogP contribution in [-0.2, 0) is 4.74 Å². The second-order valence-electron chi connectivity index (χ2n) is 6.08. The Labute approximate surface area is 101 Å². The molecule has 0 aliphatic carbocycles. The topological polar surface area (TPSA) is 21.3 Å². The van der Waals surface area contributed by atoms with Gasteiger partial charge >= 0.3 is 0 Å². The normalized spacial score (nSPS) is 27.0. The summed E-state index contributed by atoms with van der Waals surface area (Å²) in [6, 6.07) is 0. The van der Waals surface area contributed by atoms with Crippen LogP contribution in [0.4, 0.5) is 0 Å². The Kier molecular flexibility index (Phi) is 5.77. The zero-order chi connectivity index (χ0) is 12.0. The van der Waals surface area contributed by atoms with E-state index in [2.05, 4.69) is 33.0 Å². The maximum atomic E-state index is 5.92. The van der Waals surface area contributed by atoms with Crippen molar-refractivity contribution in [3.05, 3.63) is 0 Å². The summed E-state index contributed by atoms with van der Waals surface area (Å²) in [4.78, 5) is 0. The molecular weight excluding hydrogens is 198 g/mol. The van der Waals surface area contributed by atoms with E-state index in [1.807, 2.05) is 0 Å². The van der Waals surface area contributed by atoms with E-state index in [4.69, 9.17) is 4.74 Å². The van der Waals surface area contributed by atoms with Crippen molar-refractivity contribution in [1.29, 1.82) is 0 Å². The third kappa shape index (κ3) is 5.31. The van der Waals surface area contributed by atoms with E-state index in [9.17, 15) is 0 Å². The van der Waals surface area contributed by atoms with Crippen LogP contribution >= 0.6 is 0 Å². The predicted octanol–water partition coefficient (Wildman–Crippen LogP) is 3.36. The Morgan fingerprint density at radius 2 is 2.06 bits per heavy atom. The van der Waals surface area contributed by atoms with Crippen LogP contribution in [0.5, 0.6) is 0 Å². The first-order chi connectivity index (χ1) is 7.53. The highest BCUT2D eigenvalue weighted by molar-refractivity contribution is 4.80. The van der Waals surface area contributed by atoms with Crippen molar-refractivity contribution in [3.8, 4) is 0 Å². The monoisotopic (exact) mass is 227 g/mol. The third-order valence-electron chi connectivity index (χ3n) is 3.31. The molecule has 1 aliphatic heterocycles. The van der Waals surface area contributed by atoms with Gasteiger partial charge in [-0.1, -0.05) is 19.8 Å². The van der Waals surface area contributed by atoms with Gasteiger partial charge in [0, 0.05) is 18.7 Å². The highest BCUT2D eigenvalue weighted by Crippen LogP contribution is 2.24. The van der Waals surface area contributed by atoms with Crippen molar-refractivity contribution >= 4 is 0 Å². The minimum atomic E-state index is 0.229. The maximum Gasteiger partial charge on any atom is 0.0615 e. The number of unbranched alkanes of at least 4 members (excludes halogenated alkanes) is 1. The number of ether oxygens (including phenoxy) is 1. The highest BCUT2D eigenvalue weighted by atomic mass is 16.5. The third-order valence-corrected chi connectivity index (χ3v) is 3.31. The smallest absolute Gasteiger partial charge is 0.0615 e. The van der Waals surface area contributed by atoms with E-state index >= 15 is 0 Å². The van der Waals surface area contributed by atoms with Crippen LogP contribution in [0.2, 0.25) is 0 Å². The standard InChI is InChI=1S/C14H29NO/c1-5-6-9-13-12(8-7-10-16-13)11-15-14(2,3)4/h12-13,15H,5-11H2,1-4H3. The Bertz CT molecular complexity index is 186. The van der Waals surface area contributed by atoms with Crippen LogP contribution in [0.15, 0.2) is 0 Å². The lowest BCUT2D eigenvalue weighted by Crippen LogP contribution is -2.44. The summed E-state index contributed by atoms with van der Waals surface area (Å²) in [6.07, 6.45) is 6.89. The first-order valence-electron chi connectivity index (χ1n) is 6.89. The highest BCUT2D eigenvalue weighted by Gasteiger charge is 2.26. The van der Waals surface area contributed by atoms with E-state index in [-0.39, 0.29) is 5.54 Å². The molecule has 0 aromatic carbocycles. The van der Waals surface area contributed by atoms with E-state index in [0.29, 0.717) is 6.10 Å². The van der Waals surface area contributed by atoms with Crippen LogP contribution in [-0.4, -0.2) is 24.8 Å². The van der Waals surface area contributed by atoms with Crippen molar-refractivity contribution in [2.45, 2.75) is 71.4 Å². The quantitative estimate of drug-likeness (QED) is 0.777. The maximum absolute atomic E-state index is 5.92. The molecule has 1 heterocycles. The van der Waals surface area contributed by atoms with Gasteiger partial charge in [0.1, 0.15) is 0 Å². The number of rotatable bonds is 5. The second kappa shape index (κ2) is 6.61. The molecule has 0 spiro atoms. The van der Waals surface area contributed by atoms with Gasteiger partial charge in [-0.25, -0.2) is 0 Å². The fraction of sp³-hybridized carbons (Fsp3) is 1.00. The molecule has 0 saturated carbocycles. The summed E-state index contributed by atoms with van der Waals surface area (Å²) in [5.41, 5.74) is 0.229. The summed E-state index contributed by atoms with van der Waals surface area (Å²) in [5, 5.41) is 3.62. The fourth-order valence-corrected chi connectivity index (χ4v) is 2.30. The zero-order valence-electron chi connectivity index (χ0n) is 11.5. The van der Waals surface area contributed by atoms with Gasteiger partial charge in [0.15, 0.2) is 0 Å². The van der Waals surface area contributed by atoms with Gasteiger partial charge in [0.05, 0.1) is 6.10 Å². The van der Waals surface area contributed by atoms with Crippen LogP contribution in [0, 0.1) is 5.92 Å². The Balaban J connectivity index is 2.34. The lowest BCUT2D eigenvalue weighted by Gasteiger charge is -2.34. The SMILES string of the molecule is CCCCC1OCCCC1CNC(C)(C)C. The molecule has 2 unspecified atom stereocenters. The predicted molar refractivity (Wildman–Crippen MR) is 69.7 cm³/mol. The summed E-state index contributed by atoms with van der Waals surface area (Å²) in [7, 11) is 0. The van der Waals surface area contributed by atoms with E-state index in [1.54, 1.807) is 0 Å². The second-order valence-corrected chi connectivity index (χ2v) is 6.08. The first kappa shape index (κ1) is 14.0. The van der Waals surface area contributed by atoms with Crippen LogP contribution in [0.1, 0.15) is 59.8 Å². The summed E-state index contributed by atoms with van der Waals surface area (Å²) in [6.45, 7) is 11.0. The van der Waals surface area contributed by atoms with Gasteiger partial charge in [-0.3, -0.25) is 0 Å². The first-order valence-corrected chi connectivity index (χ1v) is 6.89. The molecule has 1 rings (SSSR count). The van der Waals surface area contributed by atoms with Gasteiger partial charge in [-0.2, -0.15) is 0 Å². The van der Waals surface area contributed by atoms with Gasteiger partial charge < -0.3 is 10.1 Å². The molecule has 1 saturated heterocycles. The Morgan fingerprint density at radius 3 is 2.69 bits per heavy atom. The molecule has 0 aromatic rings. The molecule has 0 bridgehead atoms. The van der Waals surface area contributed by atoms with E-state index in [0.717, 1.165) is 19.1 Å². The lowest BCUT2D eigenvalue weighted by atomic mass is 9.90. The van der Waals surface area contributed by atoms with Crippen LogP contribution < -0.4 is 5.32 Å². The number of hydrogen-bond donors (Lipinski definition) is 1. The Morgan fingerprint density at radius 1 is 1.31 bits per heavy atom. The van der Waals surface area contributed by atoms with Crippen LogP contribution in [0.25, 0.3) is 0 Å². The lowest BCUT2D eigenvalue weighted by molar-refractivity contribution is -0.0325. The molecule has 2 heteroatoms. The van der Waals surface area contributed by atoms with Crippen molar-refractivity contribution < 1.29 is 4.74 Å². The summed E-state index contributed by atoms with van der Waals surface area (Å²) >= 11 is 0. The minimum absolute atomic E-state index is 0.229. The molecule has 1 N–H and O–H groups in total. The van der Waals surface area contributed by atoms with Crippen LogP contribution in [0.3, 0.4) is 0 Å². The molecule has 2 nitrogen and oxygen atoms in total. The molecule has 2 atom stereocenters. The average Bonchev–Trinajstić information content (AvgIpc) is 2.23. The van der Waals surface area contributed by atoms with E-state index in [1.165, 1.54) is 32.1 Å². The van der Waals surface area contributed by atoms with Crippen molar-refractivity contribution in [2.75, 3.05) is 13.2 Å². The van der Waals surface area contributed by atoms with Crippen molar-refractivity contribution in [1.82, 2.24) is 5.32 Å². The molecule has 1 fully saturated rings. The van der Waals surface area contributed by atoms with Gasteiger partial charge in [0.2, 0.25) is 0 Å². The van der Waals surface area contributed by atoms with E-state index < -0.39 is 0 Å². The molecule has 0 amide bonds. The van der Waals surface area contributed by atoms with Gasteiger partial charge in [-0.05, 0) is 46.0 Å². The molecule has 16 heavy (non-hydrogen) atoms. The zero-order valence-corrected chi connectivity index (χ0v) is 11.5. The average molecular weight is 227 g/mol. The van der Waals surface area contributed by atoms with Crippen molar-refractivity contribution in [2.24, 2.45) is 5.92 Å². The summed E-state index contributed by atoms with van der Waals surface area (Å²) < 4.78 is 5.92. The minimum Gasteiger partial charge on any atom is -0.378 e. The molecule has 1 aliphatic rings. The summed E-state index contributed by atoms with van der Waals surface area (Å²) in [5.74, 6) is 0.722. The Hall–Kier alpha value is -0.0800. The largest absolute Gasteiger partial charge is 0.378 e. The number of hydrogen-bond acceptors (Lipinski definition) is 2. The molecule has 0 radical (unpaired) electrons. The fourth-order valence-electron chi connectivity index (χ4n) is 2.30. The van der Waals surface area contributed by atoms with Crippen molar-refractivity contribution in [3.63, 3.8) is 0 Å². The molecule has 96 valence electrons. The van der Waals surface area contributed by atoms with Gasteiger partial charge in [0.25, 0.3) is 0 Å². The van der Waals surface area contributed by atoms with Gasteiger partial charge in [-0.15, -0.1) is 0 Å².